The molecule has 1 N–H and O–H groups in total. The second-order valence-corrected chi connectivity index (χ2v) is 13.6. The number of hydrogen-bond donors (Lipinski definition) is 1. The molecule has 0 saturated carbocycles. The van der Waals surface area contributed by atoms with Crippen LogP contribution in [-0.4, -0.2) is 86.0 Å². The van der Waals surface area contributed by atoms with Gasteiger partial charge in [-0.2, -0.15) is 0 Å². The zero-order valence-electron chi connectivity index (χ0n) is 26.9. The Morgan fingerprint density at radius 3 is 2.30 bits per heavy atom. The van der Waals surface area contributed by atoms with Gasteiger partial charge in [-0.1, -0.05) is 69.7 Å². The van der Waals surface area contributed by atoms with Crippen LogP contribution in [0.1, 0.15) is 72.8 Å². The largest absolute Gasteiger partial charge is 0.394 e. The third-order valence-corrected chi connectivity index (χ3v) is 10.2. The van der Waals surface area contributed by atoms with Gasteiger partial charge in [-0.15, -0.1) is 13.2 Å². The van der Waals surface area contributed by atoms with Crippen molar-refractivity contribution in [2.75, 3.05) is 19.7 Å². The highest BCUT2D eigenvalue weighted by atomic mass is 16.5. The molecular formula is C35H51N3O5. The van der Waals surface area contributed by atoms with Crippen molar-refractivity contribution >= 4 is 17.7 Å². The van der Waals surface area contributed by atoms with E-state index < -0.39 is 40.7 Å². The number of rotatable bonds is 13. The SMILES string of the molecule is C=CCN(Cc1ccccc1)C(=O)[C@H]1[C@H]2C(=O)N([C@@H](CO)[C@@H](C)CC)C(C(=O)N(CC=C)C(C)(C)C)C23CC[C@]1(CC)O3. The molecule has 0 aromatic heterocycles. The Morgan fingerprint density at radius 1 is 1.12 bits per heavy atom. The summed E-state index contributed by atoms with van der Waals surface area (Å²) in [6.07, 6.45) is 5.75. The zero-order chi connectivity index (χ0) is 31.7. The molecule has 3 fully saturated rings. The normalized spacial score (nSPS) is 29.2. The van der Waals surface area contributed by atoms with Gasteiger partial charge in [-0.3, -0.25) is 14.4 Å². The highest BCUT2D eigenvalue weighted by Gasteiger charge is 2.79. The monoisotopic (exact) mass is 593 g/mol. The van der Waals surface area contributed by atoms with Gasteiger partial charge in [0.2, 0.25) is 17.7 Å². The van der Waals surface area contributed by atoms with Gasteiger partial charge < -0.3 is 24.5 Å². The lowest BCUT2D eigenvalue weighted by Gasteiger charge is -2.44. The summed E-state index contributed by atoms with van der Waals surface area (Å²) in [6, 6.07) is 8.25. The summed E-state index contributed by atoms with van der Waals surface area (Å²) >= 11 is 0. The molecule has 8 heteroatoms. The van der Waals surface area contributed by atoms with Crippen molar-refractivity contribution in [3.8, 4) is 0 Å². The second kappa shape index (κ2) is 12.6. The number of likely N-dealkylation sites (tertiary alicyclic amines) is 1. The Labute approximate surface area is 257 Å². The van der Waals surface area contributed by atoms with Crippen LogP contribution < -0.4 is 0 Å². The molecule has 1 aromatic rings. The average molecular weight is 594 g/mol. The fourth-order valence-electron chi connectivity index (χ4n) is 7.84. The quantitative estimate of drug-likeness (QED) is 0.339. The molecule has 3 saturated heterocycles. The molecule has 4 rings (SSSR count). The minimum atomic E-state index is -1.16. The van der Waals surface area contributed by atoms with Crippen LogP contribution in [-0.2, 0) is 25.7 Å². The lowest BCUT2D eigenvalue weighted by Crippen LogP contribution is -2.62. The minimum Gasteiger partial charge on any atom is -0.394 e. The molecule has 0 radical (unpaired) electrons. The van der Waals surface area contributed by atoms with Crippen molar-refractivity contribution < 1.29 is 24.2 Å². The summed E-state index contributed by atoms with van der Waals surface area (Å²) in [5.41, 5.74) is -1.58. The van der Waals surface area contributed by atoms with Crippen molar-refractivity contribution in [3.63, 3.8) is 0 Å². The van der Waals surface area contributed by atoms with E-state index in [1.807, 2.05) is 71.9 Å². The third kappa shape index (κ3) is 5.46. The molecule has 1 aromatic carbocycles. The lowest BCUT2D eigenvalue weighted by molar-refractivity contribution is -0.161. The number of fused-ring (bicyclic) bond motifs is 1. The van der Waals surface area contributed by atoms with Crippen molar-refractivity contribution in [3.05, 3.63) is 61.2 Å². The number of ether oxygens (including phenoxy) is 1. The summed E-state index contributed by atoms with van der Waals surface area (Å²) < 4.78 is 7.03. The fourth-order valence-corrected chi connectivity index (χ4v) is 7.84. The summed E-state index contributed by atoms with van der Waals surface area (Å²) in [5.74, 6) is -2.28. The molecule has 3 heterocycles. The smallest absolute Gasteiger partial charge is 0.249 e. The molecule has 2 bridgehead atoms. The van der Waals surface area contributed by atoms with E-state index >= 15 is 0 Å². The van der Waals surface area contributed by atoms with Crippen molar-refractivity contribution in [2.24, 2.45) is 17.8 Å². The van der Waals surface area contributed by atoms with Crippen LogP contribution in [0, 0.1) is 17.8 Å². The van der Waals surface area contributed by atoms with Gasteiger partial charge in [0.05, 0.1) is 30.1 Å². The molecular weight excluding hydrogens is 542 g/mol. The summed E-state index contributed by atoms with van der Waals surface area (Å²) in [7, 11) is 0. The van der Waals surface area contributed by atoms with Gasteiger partial charge >= 0.3 is 0 Å². The van der Waals surface area contributed by atoms with Gasteiger partial charge in [0.25, 0.3) is 0 Å². The molecule has 3 amide bonds. The highest BCUT2D eigenvalue weighted by molar-refractivity contribution is 5.99. The lowest BCUT2D eigenvalue weighted by atomic mass is 9.64. The first kappa shape index (κ1) is 32.9. The molecule has 3 aliphatic heterocycles. The zero-order valence-corrected chi connectivity index (χ0v) is 26.9. The predicted octanol–water partition coefficient (Wildman–Crippen LogP) is 4.58. The van der Waals surface area contributed by atoms with Crippen LogP contribution in [0.25, 0.3) is 0 Å². The third-order valence-electron chi connectivity index (χ3n) is 10.2. The van der Waals surface area contributed by atoms with Crippen LogP contribution in [0.15, 0.2) is 55.6 Å². The fraction of sp³-hybridized carbons (Fsp3) is 0.629. The average Bonchev–Trinajstić information content (AvgIpc) is 3.59. The number of benzene rings is 1. The Balaban J connectivity index is 1.86. The maximum Gasteiger partial charge on any atom is 0.249 e. The Kier molecular flexibility index (Phi) is 9.62. The molecule has 43 heavy (non-hydrogen) atoms. The van der Waals surface area contributed by atoms with E-state index in [1.165, 1.54) is 0 Å². The first-order chi connectivity index (χ1) is 20.4. The summed E-state index contributed by atoms with van der Waals surface area (Å²) in [6.45, 7) is 20.4. The molecule has 2 unspecified atom stereocenters. The summed E-state index contributed by atoms with van der Waals surface area (Å²) in [5, 5.41) is 10.7. The van der Waals surface area contributed by atoms with Crippen LogP contribution in [0.5, 0.6) is 0 Å². The minimum absolute atomic E-state index is 0.0659. The number of amides is 3. The number of hydrogen-bond acceptors (Lipinski definition) is 5. The number of aliphatic hydroxyl groups is 1. The van der Waals surface area contributed by atoms with E-state index in [-0.39, 0.29) is 30.2 Å². The van der Waals surface area contributed by atoms with Gasteiger partial charge in [-0.05, 0) is 51.5 Å². The molecule has 1 spiro atoms. The first-order valence-electron chi connectivity index (χ1n) is 15.9. The van der Waals surface area contributed by atoms with Crippen LogP contribution >= 0.6 is 0 Å². The van der Waals surface area contributed by atoms with Gasteiger partial charge in [0.1, 0.15) is 11.6 Å². The first-order valence-corrected chi connectivity index (χ1v) is 15.9. The summed E-state index contributed by atoms with van der Waals surface area (Å²) in [4.78, 5) is 49.3. The highest BCUT2D eigenvalue weighted by Crippen LogP contribution is 2.65. The van der Waals surface area contributed by atoms with E-state index in [0.29, 0.717) is 38.9 Å². The maximum atomic E-state index is 14.8. The van der Waals surface area contributed by atoms with Crippen LogP contribution in [0.3, 0.4) is 0 Å². The van der Waals surface area contributed by atoms with E-state index in [9.17, 15) is 19.5 Å². The van der Waals surface area contributed by atoms with Crippen LogP contribution in [0.2, 0.25) is 0 Å². The Morgan fingerprint density at radius 2 is 1.77 bits per heavy atom. The Hall–Kier alpha value is -2.97. The topological polar surface area (TPSA) is 90.4 Å². The molecule has 0 aliphatic carbocycles. The number of carbonyl (C=O) groups excluding carboxylic acids is 3. The molecule has 7 atom stereocenters. The standard InChI is InChI=1S/C35H51N3O5/c1-9-20-36(22-25-16-14-13-15-17-25)30(40)27-28-31(41)38(26(23-39)24(5)11-3)29(32(42)37(21-10-2)33(6,7)8)35(28)19-18-34(27,12-4)43-35/h9-10,13-17,24,26-29,39H,1-2,11-12,18-23H2,3-8H3/t24-,26-,27+,28-,29?,34-,35?/m0/s1. The van der Waals surface area contributed by atoms with Crippen molar-refractivity contribution in [2.45, 2.75) is 103 Å². The van der Waals surface area contributed by atoms with Crippen molar-refractivity contribution in [1.82, 2.24) is 14.7 Å². The number of aliphatic hydroxyl groups excluding tert-OH is 1. The van der Waals surface area contributed by atoms with Crippen molar-refractivity contribution in [1.29, 1.82) is 0 Å². The molecule has 236 valence electrons. The number of nitrogens with zero attached hydrogens (tertiary/aromatic N) is 3. The maximum absolute atomic E-state index is 14.8. The Bertz CT molecular complexity index is 1210. The van der Waals surface area contributed by atoms with E-state index in [1.54, 1.807) is 26.9 Å². The molecule has 3 aliphatic rings. The molecule has 8 nitrogen and oxygen atoms in total. The van der Waals surface area contributed by atoms with Gasteiger partial charge in [-0.25, -0.2) is 0 Å². The predicted molar refractivity (Wildman–Crippen MR) is 168 cm³/mol. The van der Waals surface area contributed by atoms with Crippen LogP contribution in [0.4, 0.5) is 0 Å². The number of carbonyl (C=O) groups is 3. The van der Waals surface area contributed by atoms with E-state index in [2.05, 4.69) is 13.2 Å². The van der Waals surface area contributed by atoms with E-state index in [0.717, 1.165) is 12.0 Å². The van der Waals surface area contributed by atoms with Gasteiger partial charge in [0, 0.05) is 25.2 Å². The van der Waals surface area contributed by atoms with E-state index in [4.69, 9.17) is 4.74 Å². The second-order valence-electron chi connectivity index (χ2n) is 13.6. The van der Waals surface area contributed by atoms with Gasteiger partial charge in [0.15, 0.2) is 0 Å².